The van der Waals surface area contributed by atoms with Crippen LogP contribution in [0, 0.1) is 23.2 Å². The first-order valence-electron chi connectivity index (χ1n) is 4.45. The molecule has 0 aliphatic carbocycles. The maximum atomic E-state index is 3.21. The lowest BCUT2D eigenvalue weighted by Crippen LogP contribution is -1.57. The second-order valence-corrected chi connectivity index (χ2v) is 5.26. The summed E-state index contributed by atoms with van der Waals surface area (Å²) in [5, 5.41) is 0. The molecule has 0 bridgehead atoms. The van der Waals surface area contributed by atoms with Crippen LogP contribution in [0.5, 0.6) is 0 Å². The minimum atomic E-state index is 0.301. The zero-order valence-corrected chi connectivity index (χ0v) is 10.1. The molecule has 0 aromatic carbocycles. The van der Waals surface area contributed by atoms with Crippen molar-refractivity contribution in [3.8, 4) is 23.2 Å². The molecule has 0 amide bonds. The van der Waals surface area contributed by atoms with Crippen LogP contribution in [0.3, 0.4) is 0 Å². The molecular formula is C10H17P2+. The van der Waals surface area contributed by atoms with E-state index < -0.39 is 0 Å². The van der Waals surface area contributed by atoms with Crippen molar-refractivity contribution < 1.29 is 0 Å². The molecule has 0 aliphatic rings. The Kier molecular flexibility index (Phi) is 11.0. The van der Waals surface area contributed by atoms with Crippen molar-refractivity contribution in [2.24, 2.45) is 0 Å². The zero-order valence-electron chi connectivity index (χ0n) is 7.91. The van der Waals surface area contributed by atoms with Gasteiger partial charge in [0.15, 0.2) is 0 Å². The van der Waals surface area contributed by atoms with Crippen LogP contribution in [-0.4, -0.2) is 0 Å². The molecular weight excluding hydrogens is 182 g/mol. The first-order chi connectivity index (χ1) is 5.91. The van der Waals surface area contributed by atoms with Crippen LogP contribution in [0.15, 0.2) is 0 Å². The highest BCUT2D eigenvalue weighted by atomic mass is 32.0. The Balaban J connectivity index is 3.23. The van der Waals surface area contributed by atoms with Crippen LogP contribution in [0.4, 0.5) is 0 Å². The quantitative estimate of drug-likeness (QED) is 0.370. The second-order valence-electron chi connectivity index (χ2n) is 2.41. The maximum Gasteiger partial charge on any atom is 0.128 e. The summed E-state index contributed by atoms with van der Waals surface area (Å²) < 4.78 is 0. The van der Waals surface area contributed by atoms with Gasteiger partial charge in [0.25, 0.3) is 0 Å². The van der Waals surface area contributed by atoms with E-state index in [0.29, 0.717) is 8.27 Å². The summed E-state index contributed by atoms with van der Waals surface area (Å²) in [7, 11) is 1.10. The van der Waals surface area contributed by atoms with E-state index in [0.717, 1.165) is 21.1 Å². The fraction of sp³-hybridized carbons (Fsp3) is 0.600. The van der Waals surface area contributed by atoms with Crippen molar-refractivity contribution in [2.45, 2.75) is 39.5 Å². The highest BCUT2D eigenvalue weighted by Gasteiger charge is 1.82. The lowest BCUT2D eigenvalue weighted by atomic mass is 10.4. The van der Waals surface area contributed by atoms with Crippen LogP contribution in [0.1, 0.15) is 39.5 Å². The Bertz CT molecular complexity index is 175. The first-order valence-corrected chi connectivity index (χ1v) is 7.84. The van der Waals surface area contributed by atoms with E-state index in [4.69, 9.17) is 0 Å². The number of rotatable bonds is 3. The molecule has 0 aromatic rings. The van der Waals surface area contributed by atoms with E-state index >= 15 is 0 Å². The van der Waals surface area contributed by atoms with Gasteiger partial charge < -0.3 is 0 Å². The zero-order chi connectivity index (χ0) is 9.07. The summed E-state index contributed by atoms with van der Waals surface area (Å²) in [5.41, 5.74) is 6.38. The Morgan fingerprint density at radius 2 is 1.75 bits per heavy atom. The minimum Gasteiger partial charge on any atom is -0.0952 e. The molecule has 0 nitrogen and oxygen atoms in total. The lowest BCUT2D eigenvalue weighted by molar-refractivity contribution is 0.984. The molecule has 0 saturated carbocycles. The Morgan fingerprint density at radius 3 is 2.42 bits per heavy atom. The van der Waals surface area contributed by atoms with Gasteiger partial charge in [-0.2, -0.15) is 0 Å². The van der Waals surface area contributed by atoms with Gasteiger partial charge in [0.1, 0.15) is 8.27 Å². The molecule has 0 aliphatic heterocycles. The molecule has 0 spiro atoms. The van der Waals surface area contributed by atoms with Crippen LogP contribution < -0.4 is 0 Å². The van der Waals surface area contributed by atoms with Crippen molar-refractivity contribution in [2.75, 3.05) is 0 Å². The van der Waals surface area contributed by atoms with Crippen molar-refractivity contribution in [1.29, 1.82) is 0 Å². The molecule has 0 aromatic heterocycles. The molecule has 0 heterocycles. The second kappa shape index (κ2) is 11.0. The van der Waals surface area contributed by atoms with Crippen LogP contribution in [0.25, 0.3) is 0 Å². The average Bonchev–Trinajstić information content (AvgIpc) is 2.10. The van der Waals surface area contributed by atoms with Gasteiger partial charge in [-0.1, -0.05) is 25.7 Å². The van der Waals surface area contributed by atoms with Gasteiger partial charge >= 0.3 is 0 Å². The highest BCUT2D eigenvalue weighted by Crippen LogP contribution is 2.33. The van der Waals surface area contributed by atoms with E-state index in [-0.39, 0.29) is 0 Å². The Labute approximate surface area is 79.7 Å². The van der Waals surface area contributed by atoms with E-state index in [1.54, 1.807) is 0 Å². The van der Waals surface area contributed by atoms with E-state index in [9.17, 15) is 0 Å². The fourth-order valence-electron chi connectivity index (χ4n) is 0.559. The third-order valence-corrected chi connectivity index (χ3v) is 3.27. The smallest absolute Gasteiger partial charge is 0.0952 e. The summed E-state index contributed by atoms with van der Waals surface area (Å²) in [6.07, 6.45) is 4.46. The van der Waals surface area contributed by atoms with E-state index in [2.05, 4.69) is 37.0 Å². The Hall–Kier alpha value is -0.0200. The monoisotopic (exact) mass is 199 g/mol. The fourth-order valence-corrected chi connectivity index (χ4v) is 2.22. The van der Waals surface area contributed by atoms with Gasteiger partial charge in [-0.05, 0) is 18.5 Å². The van der Waals surface area contributed by atoms with Crippen LogP contribution in [-0.2, 0) is 0 Å². The predicted molar refractivity (Wildman–Crippen MR) is 63.4 cm³/mol. The summed E-state index contributed by atoms with van der Waals surface area (Å²) in [6, 6.07) is 0. The van der Waals surface area contributed by atoms with Gasteiger partial charge in [0, 0.05) is 12.8 Å². The predicted octanol–water partition coefficient (Wildman–Crippen LogP) is 3.51. The molecule has 0 fully saturated rings. The summed E-state index contributed by atoms with van der Waals surface area (Å²) in [4.78, 5) is 0. The molecule has 12 heavy (non-hydrogen) atoms. The molecule has 66 valence electrons. The molecule has 0 rings (SSSR count). The molecule has 2 atom stereocenters. The SMILES string of the molecule is CCCC#CP[PH2+]C#CCCC. The molecule has 2 unspecified atom stereocenters. The molecule has 0 radical (unpaired) electrons. The summed E-state index contributed by atoms with van der Waals surface area (Å²) in [6.45, 7) is 4.32. The summed E-state index contributed by atoms with van der Waals surface area (Å²) >= 11 is 0. The van der Waals surface area contributed by atoms with Gasteiger partial charge in [0.2, 0.25) is 0 Å². The van der Waals surface area contributed by atoms with Crippen LogP contribution in [0.2, 0.25) is 0 Å². The summed E-state index contributed by atoms with van der Waals surface area (Å²) in [5.74, 6) is 6.29. The number of hydrogen-bond donors (Lipinski definition) is 0. The number of hydrogen-bond acceptors (Lipinski definition) is 0. The largest absolute Gasteiger partial charge is 0.128 e. The third-order valence-electron chi connectivity index (χ3n) is 1.16. The molecule has 0 N–H and O–H groups in total. The molecule has 2 heteroatoms. The van der Waals surface area contributed by atoms with Gasteiger partial charge in [-0.3, -0.25) is 0 Å². The van der Waals surface area contributed by atoms with Crippen molar-refractivity contribution >= 4 is 16.5 Å². The van der Waals surface area contributed by atoms with Crippen molar-refractivity contribution in [1.82, 2.24) is 0 Å². The number of unbranched alkanes of at least 4 members (excludes halogenated alkanes) is 2. The van der Waals surface area contributed by atoms with Gasteiger partial charge in [-0.15, -0.1) is 0 Å². The van der Waals surface area contributed by atoms with E-state index in [1.807, 2.05) is 0 Å². The standard InChI is InChI=1S/C10H16P2/c1-3-5-7-9-11-12-10-8-6-4-2/h11-12H,3-6H2,1-2H3/p+1. The normalized spacial score (nSPS) is 9.83. The topological polar surface area (TPSA) is 0 Å². The van der Waals surface area contributed by atoms with E-state index in [1.165, 1.54) is 12.8 Å². The maximum absolute atomic E-state index is 3.21. The van der Waals surface area contributed by atoms with Gasteiger partial charge in [0.05, 0.1) is 13.9 Å². The Morgan fingerprint density at radius 1 is 1.08 bits per heavy atom. The third kappa shape index (κ3) is 9.98. The highest BCUT2D eigenvalue weighted by molar-refractivity contribution is 8.16. The average molecular weight is 199 g/mol. The first kappa shape index (κ1) is 12.0. The van der Waals surface area contributed by atoms with Crippen molar-refractivity contribution in [3.05, 3.63) is 0 Å². The molecule has 0 saturated heterocycles. The van der Waals surface area contributed by atoms with Crippen molar-refractivity contribution in [3.63, 3.8) is 0 Å². The minimum absolute atomic E-state index is 0.301. The van der Waals surface area contributed by atoms with Gasteiger partial charge in [-0.25, -0.2) is 0 Å². The lowest BCUT2D eigenvalue weighted by Gasteiger charge is -1.76. The van der Waals surface area contributed by atoms with Crippen LogP contribution >= 0.6 is 16.5 Å².